The van der Waals surface area contributed by atoms with Crippen molar-refractivity contribution < 1.29 is 9.59 Å². The number of amides is 1. The molecule has 0 aromatic carbocycles. The second-order valence-electron chi connectivity index (χ2n) is 6.35. The van der Waals surface area contributed by atoms with Gasteiger partial charge in [-0.2, -0.15) is 0 Å². The molecular weight excluding hydrogens is 322 g/mol. The van der Waals surface area contributed by atoms with Crippen molar-refractivity contribution in [3.8, 4) is 0 Å². The molecule has 0 spiro atoms. The lowest BCUT2D eigenvalue weighted by atomic mass is 9.97. The highest BCUT2D eigenvalue weighted by atomic mass is 32.1. The highest BCUT2D eigenvalue weighted by molar-refractivity contribution is 7.09. The van der Waals surface area contributed by atoms with Crippen molar-refractivity contribution in [1.29, 1.82) is 0 Å². The molecule has 0 aliphatic carbocycles. The van der Waals surface area contributed by atoms with E-state index in [9.17, 15) is 9.59 Å². The molecule has 0 radical (unpaired) electrons. The third-order valence-corrected chi connectivity index (χ3v) is 5.66. The maximum absolute atomic E-state index is 13.0. The monoisotopic (exact) mass is 345 g/mol. The Kier molecular flexibility index (Phi) is 4.85. The van der Waals surface area contributed by atoms with Gasteiger partial charge in [-0.3, -0.25) is 9.59 Å². The molecule has 1 amide bonds. The molecule has 1 saturated heterocycles. The van der Waals surface area contributed by atoms with Crippen LogP contribution in [0.1, 0.15) is 69.7 Å². The molecule has 1 N–H and O–H groups in total. The first kappa shape index (κ1) is 16.9. The van der Waals surface area contributed by atoms with Crippen LogP contribution in [-0.2, 0) is 6.42 Å². The van der Waals surface area contributed by atoms with E-state index in [-0.39, 0.29) is 11.7 Å². The van der Waals surface area contributed by atoms with E-state index in [1.807, 2.05) is 30.3 Å². The summed E-state index contributed by atoms with van der Waals surface area (Å²) in [6.45, 7) is 6.87. The van der Waals surface area contributed by atoms with Crippen molar-refractivity contribution >= 4 is 23.0 Å². The lowest BCUT2D eigenvalue weighted by Gasteiger charge is -2.31. The van der Waals surface area contributed by atoms with Crippen molar-refractivity contribution in [3.05, 3.63) is 39.1 Å². The van der Waals surface area contributed by atoms with Crippen LogP contribution in [0.4, 0.5) is 0 Å². The van der Waals surface area contributed by atoms with E-state index in [1.165, 1.54) is 0 Å². The number of carbonyl (C=O) groups excluding carboxylic acids is 2. The van der Waals surface area contributed by atoms with Crippen LogP contribution in [0.25, 0.3) is 0 Å². The number of ketones is 1. The molecule has 1 fully saturated rings. The number of nitrogens with zero attached hydrogens (tertiary/aromatic N) is 2. The fraction of sp³-hybridized carbons (Fsp3) is 0.500. The summed E-state index contributed by atoms with van der Waals surface area (Å²) in [6, 6.07) is 0. The third kappa shape index (κ3) is 3.02. The summed E-state index contributed by atoms with van der Waals surface area (Å²) in [5.41, 5.74) is 2.90. The lowest BCUT2D eigenvalue weighted by Crippen LogP contribution is -2.39. The third-order valence-electron chi connectivity index (χ3n) is 4.72. The molecule has 0 saturated carbocycles. The van der Waals surface area contributed by atoms with Crippen LogP contribution in [0.5, 0.6) is 0 Å². The second kappa shape index (κ2) is 6.89. The Balaban J connectivity index is 1.86. The zero-order valence-electron chi connectivity index (χ0n) is 14.4. The predicted octanol–water partition coefficient (Wildman–Crippen LogP) is 3.56. The number of H-pyrrole nitrogens is 1. The Morgan fingerprint density at radius 3 is 2.88 bits per heavy atom. The first-order valence-electron chi connectivity index (χ1n) is 8.44. The molecule has 3 heterocycles. The normalized spacial score (nSPS) is 18.0. The van der Waals surface area contributed by atoms with Crippen molar-refractivity contribution in [1.82, 2.24) is 14.9 Å². The molecule has 24 heavy (non-hydrogen) atoms. The second-order valence-corrected chi connectivity index (χ2v) is 7.28. The molecular formula is C18H23N3O2S. The standard InChI is InChI=1S/C18H23N3O2S/c1-4-14-15(12(3)22)11(2)20-16(14)18(23)21-8-5-6-13(10-21)17-19-7-9-24-17/h7,9,13,20H,4-6,8,10H2,1-3H3. The van der Waals surface area contributed by atoms with Gasteiger partial charge in [0.05, 0.1) is 5.01 Å². The first-order valence-corrected chi connectivity index (χ1v) is 9.31. The quantitative estimate of drug-likeness (QED) is 0.862. The van der Waals surface area contributed by atoms with E-state index in [0.717, 1.165) is 35.7 Å². The van der Waals surface area contributed by atoms with E-state index in [1.54, 1.807) is 18.3 Å². The number of piperidine rings is 1. The molecule has 6 heteroatoms. The fourth-order valence-electron chi connectivity index (χ4n) is 3.65. The van der Waals surface area contributed by atoms with Crippen molar-refractivity contribution in [3.63, 3.8) is 0 Å². The number of rotatable bonds is 4. The maximum Gasteiger partial charge on any atom is 0.270 e. The Hall–Kier alpha value is -1.95. The van der Waals surface area contributed by atoms with Gasteiger partial charge < -0.3 is 9.88 Å². The largest absolute Gasteiger partial charge is 0.354 e. The van der Waals surface area contributed by atoms with E-state index < -0.39 is 0 Å². The summed E-state index contributed by atoms with van der Waals surface area (Å²) in [5.74, 6) is 0.332. The van der Waals surface area contributed by atoms with Crippen LogP contribution in [0.15, 0.2) is 11.6 Å². The number of carbonyl (C=O) groups is 2. The maximum atomic E-state index is 13.0. The lowest BCUT2D eigenvalue weighted by molar-refractivity contribution is 0.0700. The number of Topliss-reactive ketones (excluding diaryl/α,β-unsaturated/α-hetero) is 1. The molecule has 1 atom stereocenters. The van der Waals surface area contributed by atoms with Crippen molar-refractivity contribution in [2.24, 2.45) is 0 Å². The van der Waals surface area contributed by atoms with E-state index >= 15 is 0 Å². The summed E-state index contributed by atoms with van der Waals surface area (Å²) < 4.78 is 0. The van der Waals surface area contributed by atoms with Crippen molar-refractivity contribution in [2.75, 3.05) is 13.1 Å². The number of thiazole rings is 1. The number of likely N-dealkylation sites (tertiary alicyclic amines) is 1. The van der Waals surface area contributed by atoms with Crippen LogP contribution in [0.2, 0.25) is 0 Å². The zero-order valence-corrected chi connectivity index (χ0v) is 15.2. The summed E-state index contributed by atoms with van der Waals surface area (Å²) >= 11 is 1.66. The number of hydrogen-bond donors (Lipinski definition) is 1. The smallest absolute Gasteiger partial charge is 0.270 e. The van der Waals surface area contributed by atoms with Gasteiger partial charge in [0.2, 0.25) is 0 Å². The van der Waals surface area contributed by atoms with Gasteiger partial charge in [-0.05, 0) is 38.7 Å². The Bertz CT molecular complexity index is 749. The average Bonchev–Trinajstić information content (AvgIpc) is 3.21. The van der Waals surface area contributed by atoms with Crippen molar-refractivity contribution in [2.45, 2.75) is 46.0 Å². The van der Waals surface area contributed by atoms with Gasteiger partial charge in [0.15, 0.2) is 5.78 Å². The van der Waals surface area contributed by atoms with Crippen LogP contribution >= 0.6 is 11.3 Å². The number of aromatic amines is 1. The van der Waals surface area contributed by atoms with Gasteiger partial charge in [-0.15, -0.1) is 11.3 Å². The van der Waals surface area contributed by atoms with Crippen LogP contribution in [0, 0.1) is 6.92 Å². The Morgan fingerprint density at radius 2 is 2.25 bits per heavy atom. The van der Waals surface area contributed by atoms with Gasteiger partial charge in [0.1, 0.15) is 5.69 Å². The topological polar surface area (TPSA) is 66.1 Å². The Labute approximate surface area is 146 Å². The predicted molar refractivity (Wildman–Crippen MR) is 94.9 cm³/mol. The Morgan fingerprint density at radius 1 is 1.46 bits per heavy atom. The molecule has 2 aromatic rings. The van der Waals surface area contributed by atoms with Crippen LogP contribution < -0.4 is 0 Å². The van der Waals surface area contributed by atoms with Crippen LogP contribution in [0.3, 0.4) is 0 Å². The highest BCUT2D eigenvalue weighted by Gasteiger charge is 2.30. The molecule has 0 bridgehead atoms. The van der Waals surface area contributed by atoms with Gasteiger partial charge >= 0.3 is 0 Å². The highest BCUT2D eigenvalue weighted by Crippen LogP contribution is 2.30. The molecule has 128 valence electrons. The number of hydrogen-bond acceptors (Lipinski definition) is 4. The average molecular weight is 345 g/mol. The number of aromatic nitrogens is 2. The van der Waals surface area contributed by atoms with Crippen LogP contribution in [-0.4, -0.2) is 39.6 Å². The first-order chi connectivity index (χ1) is 11.5. The molecule has 5 nitrogen and oxygen atoms in total. The fourth-order valence-corrected chi connectivity index (χ4v) is 4.41. The van der Waals surface area contributed by atoms with Gasteiger partial charge in [-0.1, -0.05) is 6.92 Å². The summed E-state index contributed by atoms with van der Waals surface area (Å²) in [6.07, 6.45) is 4.55. The molecule has 2 aromatic heterocycles. The molecule has 3 rings (SSSR count). The van der Waals surface area contributed by atoms with Gasteiger partial charge in [0, 0.05) is 41.8 Å². The molecule has 1 unspecified atom stereocenters. The SMILES string of the molecule is CCc1c(C(=O)N2CCCC(c3nccs3)C2)[nH]c(C)c1C(C)=O. The van der Waals surface area contributed by atoms with Gasteiger partial charge in [0.25, 0.3) is 5.91 Å². The summed E-state index contributed by atoms with van der Waals surface area (Å²) in [7, 11) is 0. The summed E-state index contributed by atoms with van der Waals surface area (Å²) in [4.78, 5) is 34.4. The minimum Gasteiger partial charge on any atom is -0.354 e. The molecule has 1 aliphatic rings. The minimum atomic E-state index is 0.00343. The van der Waals surface area contributed by atoms with E-state index in [2.05, 4.69) is 9.97 Å². The minimum absolute atomic E-state index is 0.00343. The number of nitrogens with one attached hydrogen (secondary N) is 1. The molecule has 1 aliphatic heterocycles. The van der Waals surface area contributed by atoms with E-state index in [4.69, 9.17) is 0 Å². The summed E-state index contributed by atoms with van der Waals surface area (Å²) in [5, 5.41) is 3.09. The van der Waals surface area contributed by atoms with Gasteiger partial charge in [-0.25, -0.2) is 4.98 Å². The van der Waals surface area contributed by atoms with E-state index in [0.29, 0.717) is 30.1 Å². The number of aryl methyl sites for hydroxylation is 1. The zero-order chi connectivity index (χ0) is 17.3.